The molecule has 0 atom stereocenters. The van der Waals surface area contributed by atoms with Crippen LogP contribution in [0.15, 0.2) is 42.2 Å². The summed E-state index contributed by atoms with van der Waals surface area (Å²) in [4.78, 5) is 27.5. The molecule has 1 saturated heterocycles. The lowest BCUT2D eigenvalue weighted by molar-refractivity contribution is -0.384. The molecule has 0 saturated carbocycles. The maximum Gasteiger partial charge on any atom is 0.269 e. The average Bonchev–Trinajstić information content (AvgIpc) is 3.07. The van der Waals surface area contributed by atoms with Gasteiger partial charge < -0.3 is 14.9 Å². The molecule has 9 nitrogen and oxygen atoms in total. The predicted octanol–water partition coefficient (Wildman–Crippen LogP) is 2.03. The number of ketones is 1. The number of allylic oxidation sites excluding steroid dienone is 1. The number of nitro groups is 1. The zero-order chi connectivity index (χ0) is 22.0. The van der Waals surface area contributed by atoms with Crippen LogP contribution in [0.1, 0.15) is 21.5 Å². The van der Waals surface area contributed by atoms with E-state index in [1.54, 1.807) is 24.3 Å². The number of phenolic OH excluding ortho intramolecular Hbond substituents is 1. The standard InChI is InChI=1S/C22H23N3O6/c26-12-11-23-7-9-24(10-8-23)14-18-19(27)6-5-17-21(28)20(31-22(17)18)13-15-1-3-16(4-2-15)25(29)30/h1-6,13,26-27H,7-12,14H2. The Hall–Kier alpha value is -3.27. The number of carbonyl (C=O) groups excluding carboxylic acids is 1. The quantitative estimate of drug-likeness (QED) is 0.410. The van der Waals surface area contributed by atoms with Crippen molar-refractivity contribution in [1.82, 2.24) is 9.80 Å². The van der Waals surface area contributed by atoms with Crippen LogP contribution in [0, 0.1) is 10.1 Å². The molecule has 1 fully saturated rings. The number of non-ortho nitro benzene ring substituents is 1. The Bertz CT molecular complexity index is 1030. The lowest BCUT2D eigenvalue weighted by atomic mass is 10.0. The summed E-state index contributed by atoms with van der Waals surface area (Å²) in [7, 11) is 0. The van der Waals surface area contributed by atoms with Gasteiger partial charge in [-0.1, -0.05) is 0 Å². The van der Waals surface area contributed by atoms with Crippen molar-refractivity contribution >= 4 is 17.5 Å². The summed E-state index contributed by atoms with van der Waals surface area (Å²) in [6, 6.07) is 8.89. The zero-order valence-corrected chi connectivity index (χ0v) is 16.9. The SMILES string of the molecule is O=C1C(=Cc2ccc([N+](=O)[O-])cc2)Oc2c1ccc(O)c2CN1CCN(CCO)CC1. The summed E-state index contributed by atoms with van der Waals surface area (Å²) in [5, 5.41) is 30.3. The number of nitrogens with zero attached hydrogens (tertiary/aromatic N) is 3. The zero-order valence-electron chi connectivity index (χ0n) is 16.9. The van der Waals surface area contributed by atoms with Gasteiger partial charge in [-0.05, 0) is 35.9 Å². The fourth-order valence-electron chi connectivity index (χ4n) is 3.83. The fraction of sp³-hybridized carbons (Fsp3) is 0.318. The number of fused-ring (bicyclic) bond motifs is 1. The van der Waals surface area contributed by atoms with Crippen LogP contribution < -0.4 is 4.74 Å². The number of β-amino-alcohol motifs (C(OH)–C–C–N with tert-alkyl or cyclic N) is 1. The summed E-state index contributed by atoms with van der Waals surface area (Å²) in [6.07, 6.45) is 1.54. The topological polar surface area (TPSA) is 116 Å². The lowest BCUT2D eigenvalue weighted by Gasteiger charge is -2.34. The number of piperazine rings is 1. The van der Waals surface area contributed by atoms with Crippen LogP contribution in [0.5, 0.6) is 11.5 Å². The Labute approximate surface area is 178 Å². The van der Waals surface area contributed by atoms with E-state index in [2.05, 4.69) is 9.80 Å². The monoisotopic (exact) mass is 425 g/mol. The molecule has 9 heteroatoms. The first-order valence-electron chi connectivity index (χ1n) is 10.1. The highest BCUT2D eigenvalue weighted by atomic mass is 16.6. The van der Waals surface area contributed by atoms with Crippen molar-refractivity contribution in [2.75, 3.05) is 39.3 Å². The van der Waals surface area contributed by atoms with Gasteiger partial charge in [-0.25, -0.2) is 0 Å². The lowest BCUT2D eigenvalue weighted by Crippen LogP contribution is -2.46. The van der Waals surface area contributed by atoms with Crippen LogP contribution in [-0.4, -0.2) is 70.1 Å². The minimum Gasteiger partial charge on any atom is -0.507 e. The molecular formula is C22H23N3O6. The van der Waals surface area contributed by atoms with Crippen molar-refractivity contribution in [3.05, 3.63) is 69.0 Å². The van der Waals surface area contributed by atoms with E-state index in [1.807, 2.05) is 0 Å². The molecule has 162 valence electrons. The Kier molecular flexibility index (Phi) is 5.99. The van der Waals surface area contributed by atoms with Crippen LogP contribution in [0.4, 0.5) is 5.69 Å². The van der Waals surface area contributed by atoms with Crippen LogP contribution in [0.25, 0.3) is 6.08 Å². The van der Waals surface area contributed by atoms with Crippen molar-refractivity contribution in [2.45, 2.75) is 6.54 Å². The molecule has 31 heavy (non-hydrogen) atoms. The molecular weight excluding hydrogens is 402 g/mol. The van der Waals surface area contributed by atoms with Gasteiger partial charge in [0.25, 0.3) is 5.69 Å². The van der Waals surface area contributed by atoms with Gasteiger partial charge in [0.2, 0.25) is 5.78 Å². The third-order valence-electron chi connectivity index (χ3n) is 5.58. The van der Waals surface area contributed by atoms with Crippen LogP contribution >= 0.6 is 0 Å². The van der Waals surface area contributed by atoms with Gasteiger partial charge in [-0.3, -0.25) is 24.7 Å². The molecule has 2 aromatic rings. The van der Waals surface area contributed by atoms with Gasteiger partial charge in [-0.15, -0.1) is 0 Å². The summed E-state index contributed by atoms with van der Waals surface area (Å²) >= 11 is 0. The Balaban J connectivity index is 1.53. The number of Topliss-reactive ketones (excluding diaryl/α,β-unsaturated/α-hetero) is 1. The number of aromatic hydroxyl groups is 1. The third kappa shape index (κ3) is 4.43. The van der Waals surface area contributed by atoms with E-state index in [0.29, 0.717) is 35.5 Å². The Morgan fingerprint density at radius 3 is 2.39 bits per heavy atom. The van der Waals surface area contributed by atoms with Gasteiger partial charge in [0.1, 0.15) is 11.5 Å². The molecule has 0 unspecified atom stereocenters. The Morgan fingerprint density at radius 1 is 1.06 bits per heavy atom. The first-order valence-corrected chi connectivity index (χ1v) is 10.1. The van der Waals surface area contributed by atoms with Gasteiger partial charge in [0.05, 0.1) is 22.7 Å². The molecule has 0 bridgehead atoms. The van der Waals surface area contributed by atoms with Crippen LogP contribution in [0.2, 0.25) is 0 Å². The number of aliphatic hydroxyl groups is 1. The van der Waals surface area contributed by atoms with Gasteiger partial charge >= 0.3 is 0 Å². The van der Waals surface area contributed by atoms with E-state index in [9.17, 15) is 20.0 Å². The molecule has 0 spiro atoms. The van der Waals surface area contributed by atoms with Gasteiger partial charge in [-0.2, -0.15) is 0 Å². The highest BCUT2D eigenvalue weighted by Gasteiger charge is 2.32. The van der Waals surface area contributed by atoms with Gasteiger partial charge in [0, 0.05) is 51.4 Å². The average molecular weight is 425 g/mol. The smallest absolute Gasteiger partial charge is 0.269 e. The van der Waals surface area contributed by atoms with Crippen molar-refractivity contribution < 1.29 is 24.7 Å². The summed E-state index contributed by atoms with van der Waals surface area (Å²) in [6.45, 7) is 4.43. The van der Waals surface area contributed by atoms with E-state index in [1.165, 1.54) is 18.2 Å². The normalized spacial score (nSPS) is 18.2. The molecule has 2 aromatic carbocycles. The second-order valence-corrected chi connectivity index (χ2v) is 7.57. The number of nitro benzene ring substituents is 1. The molecule has 0 radical (unpaired) electrons. The van der Waals surface area contributed by atoms with Crippen LogP contribution in [0.3, 0.4) is 0 Å². The van der Waals surface area contributed by atoms with Crippen molar-refractivity contribution in [3.8, 4) is 11.5 Å². The summed E-state index contributed by atoms with van der Waals surface area (Å²) in [5.41, 5.74) is 1.52. The van der Waals surface area contributed by atoms with E-state index >= 15 is 0 Å². The van der Waals surface area contributed by atoms with E-state index in [-0.39, 0.29) is 29.6 Å². The maximum absolute atomic E-state index is 12.8. The summed E-state index contributed by atoms with van der Waals surface area (Å²) < 4.78 is 5.86. The molecule has 2 aliphatic heterocycles. The third-order valence-corrected chi connectivity index (χ3v) is 5.58. The number of phenols is 1. The minimum absolute atomic E-state index is 0.0320. The van der Waals surface area contributed by atoms with Gasteiger partial charge in [0.15, 0.2) is 5.76 Å². The number of hydrogen-bond acceptors (Lipinski definition) is 8. The largest absolute Gasteiger partial charge is 0.507 e. The fourth-order valence-corrected chi connectivity index (χ4v) is 3.83. The molecule has 0 aliphatic carbocycles. The minimum atomic E-state index is -0.483. The number of hydrogen-bond donors (Lipinski definition) is 2. The Morgan fingerprint density at radius 2 is 1.74 bits per heavy atom. The van der Waals surface area contributed by atoms with E-state index in [4.69, 9.17) is 9.84 Å². The number of rotatable bonds is 6. The number of benzene rings is 2. The molecule has 0 amide bonds. The van der Waals surface area contributed by atoms with Crippen molar-refractivity contribution in [2.24, 2.45) is 0 Å². The molecule has 0 aromatic heterocycles. The van der Waals surface area contributed by atoms with E-state index < -0.39 is 4.92 Å². The van der Waals surface area contributed by atoms with Crippen molar-refractivity contribution in [1.29, 1.82) is 0 Å². The number of ether oxygens (including phenoxy) is 1. The first kappa shape index (κ1) is 21.0. The summed E-state index contributed by atoms with van der Waals surface area (Å²) in [5.74, 6) is 0.253. The second kappa shape index (κ2) is 8.84. The molecule has 2 N–H and O–H groups in total. The first-order chi connectivity index (χ1) is 15.0. The maximum atomic E-state index is 12.8. The highest BCUT2D eigenvalue weighted by molar-refractivity contribution is 6.15. The highest BCUT2D eigenvalue weighted by Crippen LogP contribution is 2.40. The van der Waals surface area contributed by atoms with Crippen molar-refractivity contribution in [3.63, 3.8) is 0 Å². The molecule has 4 rings (SSSR count). The second-order valence-electron chi connectivity index (χ2n) is 7.57. The number of aliphatic hydroxyl groups excluding tert-OH is 1. The van der Waals surface area contributed by atoms with Crippen LogP contribution in [-0.2, 0) is 6.54 Å². The van der Waals surface area contributed by atoms with E-state index in [0.717, 1.165) is 26.2 Å². The predicted molar refractivity (Wildman–Crippen MR) is 113 cm³/mol. The molecule has 2 heterocycles. The molecule has 2 aliphatic rings. The number of carbonyl (C=O) groups is 1.